The monoisotopic (exact) mass is 547 g/mol. The normalized spacial score (nSPS) is 35.7. The second-order valence-electron chi connectivity index (χ2n) is 10.1. The van der Waals surface area contributed by atoms with Crippen molar-refractivity contribution in [3.05, 3.63) is 52.0 Å². The van der Waals surface area contributed by atoms with Crippen LogP contribution in [0.1, 0.15) is 59.7 Å². The Morgan fingerprint density at radius 2 is 1.87 bits per heavy atom. The molecule has 1 saturated heterocycles. The molecule has 0 saturated carbocycles. The van der Waals surface area contributed by atoms with Gasteiger partial charge in [-0.1, -0.05) is 12.1 Å². The van der Waals surface area contributed by atoms with E-state index in [0.717, 1.165) is 0 Å². The average molecular weight is 548 g/mol. The third-order valence-electron chi connectivity index (χ3n) is 7.52. The topological polar surface area (TPSA) is 206 Å². The van der Waals surface area contributed by atoms with Crippen molar-refractivity contribution in [2.24, 2.45) is 5.73 Å². The van der Waals surface area contributed by atoms with Crippen LogP contribution in [-0.4, -0.2) is 92.8 Å². The fourth-order valence-electron chi connectivity index (χ4n) is 5.36. The van der Waals surface area contributed by atoms with Crippen molar-refractivity contribution in [1.82, 2.24) is 0 Å². The van der Waals surface area contributed by atoms with Gasteiger partial charge in [0.15, 0.2) is 17.9 Å². The maximum atomic E-state index is 13.7. The third-order valence-corrected chi connectivity index (χ3v) is 7.52. The average Bonchev–Trinajstić information content (AvgIpc) is 2.90. The van der Waals surface area contributed by atoms with Crippen LogP contribution < -0.4 is 10.5 Å². The van der Waals surface area contributed by atoms with Crippen LogP contribution in [0.15, 0.2) is 40.9 Å². The molecule has 7 N–H and O–H groups in total. The highest BCUT2D eigenvalue weighted by atomic mass is 16.7. The molecule has 12 heteroatoms. The fourth-order valence-corrected chi connectivity index (χ4v) is 5.36. The molecule has 39 heavy (non-hydrogen) atoms. The molecule has 6 atom stereocenters. The molecule has 0 radical (unpaired) electrons. The first-order valence-electron chi connectivity index (χ1n) is 12.6. The molecule has 12 nitrogen and oxygen atoms in total. The summed E-state index contributed by atoms with van der Waals surface area (Å²) in [4.78, 5) is 39.8. The first-order chi connectivity index (χ1) is 18.4. The molecule has 212 valence electrons. The van der Waals surface area contributed by atoms with E-state index in [9.17, 15) is 39.9 Å². The summed E-state index contributed by atoms with van der Waals surface area (Å²) in [6.07, 6.45) is -5.50. The van der Waals surface area contributed by atoms with Crippen molar-refractivity contribution in [3.8, 4) is 5.75 Å². The highest BCUT2D eigenvalue weighted by Crippen LogP contribution is 2.40. The van der Waals surface area contributed by atoms with E-state index in [1.54, 1.807) is 6.92 Å². The summed E-state index contributed by atoms with van der Waals surface area (Å²) in [7, 11) is 1.33. The minimum atomic E-state index is -2.21. The number of ether oxygens (including phenoxy) is 3. The van der Waals surface area contributed by atoms with Crippen LogP contribution in [0.3, 0.4) is 0 Å². The number of aliphatic hydroxyl groups is 5. The lowest BCUT2D eigenvalue weighted by Crippen LogP contribution is -2.53. The zero-order valence-corrected chi connectivity index (χ0v) is 21.6. The maximum Gasteiger partial charge on any atom is 0.201 e. The SMILES string of the molecule is COc1cccc2c1C(=O)C1=C(\O)C[C@@H](O[C@H]3C[C@H](N)[C@H](O)[C@H](C)O3)C[C@](O)(C(=O)CO)CC/C(O)=C\1C2=O. The first-order valence-corrected chi connectivity index (χ1v) is 12.6. The molecule has 3 aliphatic rings. The molecule has 2 aliphatic carbocycles. The minimum Gasteiger partial charge on any atom is -0.512 e. The summed E-state index contributed by atoms with van der Waals surface area (Å²) < 4.78 is 16.9. The zero-order valence-electron chi connectivity index (χ0n) is 21.6. The summed E-state index contributed by atoms with van der Waals surface area (Å²) in [5, 5.41) is 53.1. The van der Waals surface area contributed by atoms with E-state index < -0.39 is 109 Å². The van der Waals surface area contributed by atoms with E-state index >= 15 is 0 Å². The second-order valence-corrected chi connectivity index (χ2v) is 10.1. The van der Waals surface area contributed by atoms with Crippen LogP contribution in [0.2, 0.25) is 0 Å². The molecule has 1 aromatic carbocycles. The van der Waals surface area contributed by atoms with Gasteiger partial charge in [0.25, 0.3) is 0 Å². The molecule has 0 spiro atoms. The summed E-state index contributed by atoms with van der Waals surface area (Å²) in [5.74, 6) is -3.57. The van der Waals surface area contributed by atoms with Crippen molar-refractivity contribution in [3.63, 3.8) is 0 Å². The van der Waals surface area contributed by atoms with Crippen LogP contribution in [0.4, 0.5) is 0 Å². The van der Waals surface area contributed by atoms with Gasteiger partial charge in [0.2, 0.25) is 5.78 Å². The smallest absolute Gasteiger partial charge is 0.201 e. The number of hydrogen-bond donors (Lipinski definition) is 6. The van der Waals surface area contributed by atoms with Crippen molar-refractivity contribution < 1.29 is 54.1 Å². The highest BCUT2D eigenvalue weighted by molar-refractivity contribution is 6.32. The van der Waals surface area contributed by atoms with Gasteiger partial charge in [0.1, 0.15) is 29.5 Å². The molecule has 1 aliphatic heterocycles. The molecule has 1 aromatic rings. The number of carbonyl (C=O) groups is 3. The van der Waals surface area contributed by atoms with Crippen LogP contribution in [-0.2, 0) is 14.3 Å². The molecule has 0 aromatic heterocycles. The summed E-state index contributed by atoms with van der Waals surface area (Å²) in [6.45, 7) is 0.585. The zero-order chi connectivity index (χ0) is 28.6. The van der Waals surface area contributed by atoms with Crippen LogP contribution in [0, 0.1) is 0 Å². The molecule has 0 amide bonds. The highest BCUT2D eigenvalue weighted by Gasteiger charge is 2.45. The Bertz CT molecular complexity index is 1230. The van der Waals surface area contributed by atoms with E-state index in [0.29, 0.717) is 0 Å². The van der Waals surface area contributed by atoms with Gasteiger partial charge in [0, 0.05) is 37.3 Å². The van der Waals surface area contributed by atoms with E-state index in [4.69, 9.17) is 19.9 Å². The van der Waals surface area contributed by atoms with Gasteiger partial charge in [-0.25, -0.2) is 0 Å². The maximum absolute atomic E-state index is 13.7. The second kappa shape index (κ2) is 11.2. The predicted molar refractivity (Wildman–Crippen MR) is 134 cm³/mol. The van der Waals surface area contributed by atoms with Crippen molar-refractivity contribution in [1.29, 1.82) is 0 Å². The molecule has 4 rings (SSSR count). The van der Waals surface area contributed by atoms with Gasteiger partial charge in [-0.3, -0.25) is 14.4 Å². The van der Waals surface area contributed by atoms with Crippen molar-refractivity contribution >= 4 is 17.3 Å². The first kappa shape index (κ1) is 28.9. The number of ketones is 3. The Hall–Kier alpha value is -3.13. The lowest BCUT2D eigenvalue weighted by Gasteiger charge is -2.39. The minimum absolute atomic E-state index is 0.0406. The molecule has 1 heterocycles. The molecular weight excluding hydrogens is 514 g/mol. The van der Waals surface area contributed by atoms with Gasteiger partial charge in [-0.05, 0) is 19.4 Å². The number of carbonyl (C=O) groups excluding carboxylic acids is 3. The quantitative estimate of drug-likeness (QED) is 0.302. The van der Waals surface area contributed by atoms with Gasteiger partial charge >= 0.3 is 0 Å². The Balaban J connectivity index is 1.82. The lowest BCUT2D eigenvalue weighted by molar-refractivity contribution is -0.244. The fraction of sp³-hybridized carbons (Fsp3) is 0.519. The number of fused-ring (bicyclic) bond motifs is 2. The number of methoxy groups -OCH3 is 1. The molecule has 0 bridgehead atoms. The Morgan fingerprint density at radius 1 is 1.18 bits per heavy atom. The van der Waals surface area contributed by atoms with Gasteiger partial charge in [-0.15, -0.1) is 0 Å². The number of hydrogen-bond acceptors (Lipinski definition) is 12. The summed E-state index contributed by atoms with van der Waals surface area (Å²) >= 11 is 0. The summed E-state index contributed by atoms with van der Waals surface area (Å²) in [5.41, 5.74) is 2.77. The number of benzene rings is 1. The van der Waals surface area contributed by atoms with Gasteiger partial charge in [-0.2, -0.15) is 0 Å². The Kier molecular flexibility index (Phi) is 8.26. The third kappa shape index (κ3) is 5.36. The molecule has 1 fully saturated rings. The lowest BCUT2D eigenvalue weighted by atomic mass is 9.77. The predicted octanol–water partition coefficient (Wildman–Crippen LogP) is 0.773. The van der Waals surface area contributed by atoms with E-state index in [-0.39, 0.29) is 23.3 Å². The molecule has 0 unspecified atom stereocenters. The van der Waals surface area contributed by atoms with Crippen LogP contribution in [0.25, 0.3) is 0 Å². The largest absolute Gasteiger partial charge is 0.512 e. The number of nitrogens with two attached hydrogens (primary N) is 1. The number of aliphatic hydroxyl groups excluding tert-OH is 4. The number of Topliss-reactive ketones (excluding diaryl/α,β-unsaturated/α-hetero) is 3. The van der Waals surface area contributed by atoms with E-state index in [1.165, 1.54) is 25.3 Å². The van der Waals surface area contributed by atoms with E-state index in [2.05, 4.69) is 0 Å². The number of rotatable bonds is 5. The standard InChI is InChI=1S/C27H33NO11/c1-12-24(33)15(28)9-20(38-12)39-13-8-17(31)23-22(16(30)6-7-27(36,10-13)19(32)11-29)25(34)14-4-3-5-18(37-2)21(14)26(23)35/h3-5,12-13,15,20,24,29-31,33,36H,6-11,28H2,1-2H3/b22-16-,23-17-/t12-,13+,15-,20-,24+,27-/m0/s1. The van der Waals surface area contributed by atoms with Crippen LogP contribution >= 0.6 is 0 Å². The van der Waals surface area contributed by atoms with Crippen LogP contribution in [0.5, 0.6) is 5.75 Å². The molecular formula is C27H33NO11. The number of allylic oxidation sites excluding steroid dienone is 3. The summed E-state index contributed by atoms with van der Waals surface area (Å²) in [6, 6.07) is 3.69. The van der Waals surface area contributed by atoms with Gasteiger partial charge in [0.05, 0.1) is 42.1 Å². The Morgan fingerprint density at radius 3 is 2.51 bits per heavy atom. The van der Waals surface area contributed by atoms with Crippen molar-refractivity contribution in [2.75, 3.05) is 13.7 Å². The Labute approximate surface area is 224 Å². The van der Waals surface area contributed by atoms with E-state index in [1.807, 2.05) is 0 Å². The van der Waals surface area contributed by atoms with Crippen molar-refractivity contribution in [2.45, 2.75) is 75.3 Å². The van der Waals surface area contributed by atoms with Gasteiger partial charge < -0.3 is 45.5 Å².